The lowest BCUT2D eigenvalue weighted by molar-refractivity contribution is 0.0346. The van der Waals surface area contributed by atoms with Crippen molar-refractivity contribution in [1.82, 2.24) is 14.9 Å². The van der Waals surface area contributed by atoms with Crippen molar-refractivity contribution in [1.29, 1.82) is 0 Å². The molecule has 1 aromatic carbocycles. The first kappa shape index (κ1) is 15.3. The van der Waals surface area contributed by atoms with Gasteiger partial charge in [-0.15, -0.1) is 11.3 Å². The highest BCUT2D eigenvalue weighted by Gasteiger charge is 2.15. The van der Waals surface area contributed by atoms with E-state index >= 15 is 0 Å². The van der Waals surface area contributed by atoms with E-state index in [2.05, 4.69) is 20.9 Å². The van der Waals surface area contributed by atoms with Gasteiger partial charge in [0.1, 0.15) is 16.4 Å². The molecule has 1 saturated heterocycles. The lowest BCUT2D eigenvalue weighted by atomic mass is 10.2. The fraction of sp³-hybridized carbons (Fsp3) is 0.294. The number of phenolic OH excluding ortho intramolecular Hbond substituents is 1. The number of aromatic nitrogens is 2. The van der Waals surface area contributed by atoms with Gasteiger partial charge in [0.15, 0.2) is 5.82 Å². The molecule has 1 fully saturated rings. The zero-order valence-electron chi connectivity index (χ0n) is 13.1. The summed E-state index contributed by atoms with van der Waals surface area (Å²) in [6.45, 7) is 4.35. The van der Waals surface area contributed by atoms with Gasteiger partial charge in [0.25, 0.3) is 0 Å². The maximum absolute atomic E-state index is 9.64. The van der Waals surface area contributed by atoms with Gasteiger partial charge in [-0.1, -0.05) is 12.1 Å². The molecule has 2 aromatic heterocycles. The van der Waals surface area contributed by atoms with Gasteiger partial charge in [0, 0.05) is 30.1 Å². The van der Waals surface area contributed by atoms with Crippen LogP contribution in [0.5, 0.6) is 5.75 Å². The molecule has 0 saturated carbocycles. The monoisotopic (exact) mass is 342 g/mol. The molecule has 124 valence electrons. The number of anilines is 1. The smallest absolute Gasteiger partial charge is 0.163 e. The summed E-state index contributed by atoms with van der Waals surface area (Å²) in [7, 11) is 0. The molecule has 0 radical (unpaired) electrons. The summed E-state index contributed by atoms with van der Waals surface area (Å²) in [5.74, 6) is 1.20. The number of ether oxygens (including phenoxy) is 1. The van der Waals surface area contributed by atoms with Crippen molar-refractivity contribution in [2.75, 3.05) is 32.0 Å². The van der Waals surface area contributed by atoms with Crippen LogP contribution in [-0.4, -0.2) is 46.3 Å². The average Bonchev–Trinajstić information content (AvgIpc) is 2.99. The molecule has 1 aliphatic heterocycles. The molecule has 0 bridgehead atoms. The Morgan fingerprint density at radius 3 is 2.83 bits per heavy atom. The fourth-order valence-electron chi connectivity index (χ4n) is 2.83. The van der Waals surface area contributed by atoms with Crippen molar-refractivity contribution in [3.8, 4) is 17.1 Å². The summed E-state index contributed by atoms with van der Waals surface area (Å²) in [4.78, 5) is 13.5. The van der Waals surface area contributed by atoms with Crippen LogP contribution in [0.2, 0.25) is 0 Å². The summed E-state index contributed by atoms with van der Waals surface area (Å²) in [5.41, 5.74) is 6.89. The molecule has 24 heavy (non-hydrogen) atoms. The fourth-order valence-corrected chi connectivity index (χ4v) is 3.90. The van der Waals surface area contributed by atoms with Crippen LogP contribution in [0.15, 0.2) is 30.3 Å². The number of rotatable bonds is 3. The Morgan fingerprint density at radius 1 is 1.21 bits per heavy atom. The Kier molecular flexibility index (Phi) is 4.05. The summed E-state index contributed by atoms with van der Waals surface area (Å²) in [6, 6.07) is 8.98. The Balaban J connectivity index is 1.67. The van der Waals surface area contributed by atoms with Crippen LogP contribution in [0, 0.1) is 0 Å². The van der Waals surface area contributed by atoms with Gasteiger partial charge >= 0.3 is 0 Å². The second-order valence-corrected chi connectivity index (χ2v) is 6.92. The van der Waals surface area contributed by atoms with Gasteiger partial charge in [-0.25, -0.2) is 9.97 Å². The van der Waals surface area contributed by atoms with E-state index in [1.165, 1.54) is 4.88 Å². The minimum Gasteiger partial charge on any atom is -0.508 e. The Morgan fingerprint density at radius 2 is 2.04 bits per heavy atom. The van der Waals surface area contributed by atoms with Crippen LogP contribution in [0.3, 0.4) is 0 Å². The average molecular weight is 342 g/mol. The van der Waals surface area contributed by atoms with E-state index < -0.39 is 0 Å². The SMILES string of the molecule is Nc1nc(-c2cccc(O)c2)nc2sc(CN3CCOCC3)cc12. The largest absolute Gasteiger partial charge is 0.508 e. The van der Waals surface area contributed by atoms with E-state index in [1.54, 1.807) is 29.5 Å². The van der Waals surface area contributed by atoms with Crippen molar-refractivity contribution >= 4 is 27.4 Å². The quantitative estimate of drug-likeness (QED) is 0.761. The maximum atomic E-state index is 9.64. The number of fused-ring (bicyclic) bond motifs is 1. The van der Waals surface area contributed by atoms with Crippen molar-refractivity contribution in [2.24, 2.45) is 0 Å². The van der Waals surface area contributed by atoms with Crippen LogP contribution < -0.4 is 5.73 Å². The van der Waals surface area contributed by atoms with Gasteiger partial charge < -0.3 is 15.6 Å². The zero-order valence-corrected chi connectivity index (χ0v) is 13.9. The van der Waals surface area contributed by atoms with Crippen LogP contribution in [0.1, 0.15) is 4.88 Å². The number of phenols is 1. The number of morpholine rings is 1. The predicted molar refractivity (Wildman–Crippen MR) is 95.0 cm³/mol. The second-order valence-electron chi connectivity index (χ2n) is 5.80. The second kappa shape index (κ2) is 6.35. The van der Waals surface area contributed by atoms with Crippen molar-refractivity contribution in [2.45, 2.75) is 6.54 Å². The highest BCUT2D eigenvalue weighted by atomic mass is 32.1. The first-order valence-corrected chi connectivity index (χ1v) is 8.66. The molecule has 0 aliphatic carbocycles. The molecule has 4 rings (SSSR count). The minimum atomic E-state index is 0.189. The minimum absolute atomic E-state index is 0.189. The Hall–Kier alpha value is -2.22. The molecule has 0 atom stereocenters. The zero-order chi connectivity index (χ0) is 16.5. The van der Waals surface area contributed by atoms with Gasteiger partial charge in [-0.3, -0.25) is 4.90 Å². The van der Waals surface area contributed by atoms with E-state index in [1.807, 2.05) is 6.07 Å². The summed E-state index contributed by atoms with van der Waals surface area (Å²) in [5, 5.41) is 10.5. The lowest BCUT2D eigenvalue weighted by Gasteiger charge is -2.25. The predicted octanol–water partition coefficient (Wildman–Crippen LogP) is 2.48. The molecule has 0 spiro atoms. The van der Waals surface area contributed by atoms with Crippen molar-refractivity contribution in [3.05, 3.63) is 35.2 Å². The normalized spacial score (nSPS) is 15.8. The van der Waals surface area contributed by atoms with Gasteiger partial charge in [-0.2, -0.15) is 0 Å². The Bertz CT molecular complexity index is 874. The van der Waals surface area contributed by atoms with Crippen molar-refractivity contribution < 1.29 is 9.84 Å². The number of thiophene rings is 1. The van der Waals surface area contributed by atoms with Crippen molar-refractivity contribution in [3.63, 3.8) is 0 Å². The van der Waals surface area contributed by atoms with E-state index in [0.29, 0.717) is 11.6 Å². The molecule has 0 unspecified atom stereocenters. The van der Waals surface area contributed by atoms with E-state index in [-0.39, 0.29) is 5.75 Å². The number of hydrogen-bond acceptors (Lipinski definition) is 7. The van der Waals surface area contributed by atoms with Gasteiger partial charge in [-0.05, 0) is 18.2 Å². The molecule has 3 N–H and O–H groups in total. The third-order valence-electron chi connectivity index (χ3n) is 4.06. The first-order valence-electron chi connectivity index (χ1n) is 7.84. The third kappa shape index (κ3) is 3.06. The van der Waals surface area contributed by atoms with Crippen LogP contribution in [0.25, 0.3) is 21.6 Å². The summed E-state index contributed by atoms with van der Waals surface area (Å²) in [6.07, 6.45) is 0. The molecular formula is C17H18N4O2S. The van der Waals surface area contributed by atoms with Crippen LogP contribution in [0.4, 0.5) is 5.82 Å². The number of benzene rings is 1. The Labute approximate surface area is 143 Å². The highest BCUT2D eigenvalue weighted by Crippen LogP contribution is 2.31. The maximum Gasteiger partial charge on any atom is 0.163 e. The molecule has 3 heterocycles. The summed E-state index contributed by atoms with van der Waals surface area (Å²) < 4.78 is 5.39. The molecule has 0 amide bonds. The number of hydrogen-bond donors (Lipinski definition) is 2. The van der Waals surface area contributed by atoms with Gasteiger partial charge in [0.2, 0.25) is 0 Å². The molecule has 3 aromatic rings. The van der Waals surface area contributed by atoms with Crippen LogP contribution >= 0.6 is 11.3 Å². The summed E-state index contributed by atoms with van der Waals surface area (Å²) >= 11 is 1.64. The van der Waals surface area contributed by atoms with E-state index in [0.717, 1.165) is 48.6 Å². The first-order chi connectivity index (χ1) is 11.7. The lowest BCUT2D eigenvalue weighted by Crippen LogP contribution is -2.35. The molecular weight excluding hydrogens is 324 g/mol. The number of aromatic hydroxyl groups is 1. The molecule has 6 nitrogen and oxygen atoms in total. The number of nitrogens with two attached hydrogens (primary N) is 1. The van der Waals surface area contributed by atoms with Crippen LogP contribution in [-0.2, 0) is 11.3 Å². The van der Waals surface area contributed by atoms with Gasteiger partial charge in [0.05, 0.1) is 18.6 Å². The highest BCUT2D eigenvalue weighted by molar-refractivity contribution is 7.18. The standard InChI is InChI=1S/C17H18N4O2S/c18-15-14-9-13(10-21-4-6-23-7-5-21)24-17(14)20-16(19-15)11-2-1-3-12(22)8-11/h1-3,8-9,22H,4-7,10H2,(H2,18,19,20). The number of nitrogen functional groups attached to an aromatic ring is 1. The molecule has 1 aliphatic rings. The molecule has 7 heteroatoms. The number of nitrogens with zero attached hydrogens (tertiary/aromatic N) is 3. The topological polar surface area (TPSA) is 84.5 Å². The third-order valence-corrected chi connectivity index (χ3v) is 5.07. The van der Waals surface area contributed by atoms with E-state index in [4.69, 9.17) is 10.5 Å². The van der Waals surface area contributed by atoms with E-state index in [9.17, 15) is 5.11 Å².